The van der Waals surface area contributed by atoms with Gasteiger partial charge in [0.15, 0.2) is 0 Å². The predicted octanol–water partition coefficient (Wildman–Crippen LogP) is 11.5. The van der Waals surface area contributed by atoms with Crippen molar-refractivity contribution in [3.8, 4) is 45.5 Å². The molecule has 13 rings (SSSR count). The molecule has 4 heterocycles. The highest BCUT2D eigenvalue weighted by molar-refractivity contribution is 6.98. The van der Waals surface area contributed by atoms with E-state index in [0.717, 1.165) is 45.4 Å². The van der Waals surface area contributed by atoms with Gasteiger partial charge in [-0.15, -0.1) is 0 Å². The first-order chi connectivity index (χ1) is 28.4. The summed E-state index contributed by atoms with van der Waals surface area (Å²) in [5.74, 6) is 3.47. The minimum absolute atomic E-state index is 0.00243. The highest BCUT2D eigenvalue weighted by Gasteiger charge is 2.43. The van der Waals surface area contributed by atoms with Gasteiger partial charge in [-0.3, -0.25) is 0 Å². The van der Waals surface area contributed by atoms with Crippen LogP contribution in [-0.2, 0) is 5.41 Å². The van der Waals surface area contributed by atoms with E-state index >= 15 is 0 Å². The van der Waals surface area contributed by atoms with Crippen LogP contribution in [0.3, 0.4) is 0 Å². The Hall–Kier alpha value is -6.98. The van der Waals surface area contributed by atoms with Crippen molar-refractivity contribution in [2.24, 2.45) is 0 Å². The zero-order valence-electron chi connectivity index (χ0n) is 32.7. The second kappa shape index (κ2) is 11.1. The number of para-hydroxylation sites is 3. The van der Waals surface area contributed by atoms with Gasteiger partial charge >= 0.3 is 0 Å². The molecule has 0 bridgehead atoms. The minimum Gasteiger partial charge on any atom is -0.458 e. The molecule has 4 nitrogen and oxygen atoms in total. The summed E-state index contributed by atoms with van der Waals surface area (Å²) in [6.07, 6.45) is 0. The van der Waals surface area contributed by atoms with E-state index in [9.17, 15) is 0 Å². The third-order valence-corrected chi connectivity index (χ3v) is 13.3. The lowest BCUT2D eigenvalue weighted by molar-refractivity contribution is 0.464. The second-order valence-electron chi connectivity index (χ2n) is 17.0. The Bertz CT molecular complexity index is 3390. The molecule has 8 aromatic carbocycles. The van der Waals surface area contributed by atoms with Gasteiger partial charge in [0.25, 0.3) is 6.71 Å². The van der Waals surface area contributed by atoms with Crippen LogP contribution in [0.15, 0.2) is 152 Å². The molecule has 0 saturated carbocycles. The summed E-state index contributed by atoms with van der Waals surface area (Å²) in [6, 6.07) is 55.5. The number of hydrogen-bond donors (Lipinski definition) is 0. The highest BCUT2D eigenvalue weighted by atomic mass is 16.5. The van der Waals surface area contributed by atoms with Crippen LogP contribution in [0, 0.1) is 13.8 Å². The number of benzene rings is 8. The fourth-order valence-corrected chi connectivity index (χ4v) is 10.9. The molecular weight excluding hydrogens is 707 g/mol. The van der Waals surface area contributed by atoms with E-state index in [4.69, 9.17) is 9.47 Å². The summed E-state index contributed by atoms with van der Waals surface area (Å²) >= 11 is 0. The number of aromatic nitrogens is 2. The lowest BCUT2D eigenvalue weighted by atomic mass is 9.34. The van der Waals surface area contributed by atoms with Gasteiger partial charge in [-0.1, -0.05) is 128 Å². The maximum Gasteiger partial charge on any atom is 0.260 e. The molecule has 2 aliphatic heterocycles. The molecule has 274 valence electrons. The van der Waals surface area contributed by atoms with E-state index in [0.29, 0.717) is 0 Å². The van der Waals surface area contributed by atoms with Gasteiger partial charge in [0, 0.05) is 55.8 Å². The zero-order valence-corrected chi connectivity index (χ0v) is 32.7. The summed E-state index contributed by atoms with van der Waals surface area (Å²) in [4.78, 5) is 0. The summed E-state index contributed by atoms with van der Waals surface area (Å²) < 4.78 is 18.9. The van der Waals surface area contributed by atoms with Crippen molar-refractivity contribution in [3.05, 3.63) is 174 Å². The Labute approximate surface area is 336 Å². The summed E-state index contributed by atoms with van der Waals surface area (Å²) in [6.45, 7) is 9.14. The smallest absolute Gasteiger partial charge is 0.260 e. The summed E-state index contributed by atoms with van der Waals surface area (Å²) in [5.41, 5.74) is 17.8. The van der Waals surface area contributed by atoms with Gasteiger partial charge in [0.2, 0.25) is 0 Å². The van der Waals surface area contributed by atoms with E-state index < -0.39 is 0 Å². The van der Waals surface area contributed by atoms with Gasteiger partial charge in [0.05, 0.1) is 27.8 Å². The van der Waals surface area contributed by atoms with Gasteiger partial charge in [0.1, 0.15) is 23.0 Å². The Morgan fingerprint density at radius 3 is 1.71 bits per heavy atom. The van der Waals surface area contributed by atoms with Crippen LogP contribution < -0.4 is 25.9 Å². The molecule has 2 aromatic heterocycles. The lowest BCUT2D eigenvalue weighted by Gasteiger charge is -2.34. The number of rotatable bonds is 2. The van der Waals surface area contributed by atoms with Gasteiger partial charge < -0.3 is 18.6 Å². The van der Waals surface area contributed by atoms with Crippen molar-refractivity contribution >= 4 is 66.7 Å². The topological polar surface area (TPSA) is 28.3 Å². The average Bonchev–Trinajstić information content (AvgIpc) is 3.84. The Morgan fingerprint density at radius 1 is 0.500 bits per heavy atom. The number of aryl methyl sites for hydroxylation is 2. The molecule has 3 aliphatic rings. The zero-order chi connectivity index (χ0) is 38.6. The van der Waals surface area contributed by atoms with Crippen molar-refractivity contribution in [2.75, 3.05) is 0 Å². The number of ether oxygens (including phenoxy) is 2. The molecule has 0 saturated heterocycles. The molecule has 0 atom stereocenters. The van der Waals surface area contributed by atoms with Gasteiger partial charge in [-0.05, 0) is 77.9 Å². The number of hydrogen-bond acceptors (Lipinski definition) is 2. The van der Waals surface area contributed by atoms with Crippen LogP contribution in [-0.4, -0.2) is 15.8 Å². The summed E-state index contributed by atoms with van der Waals surface area (Å²) in [7, 11) is 0. The van der Waals surface area contributed by atoms with Crippen LogP contribution in [0.5, 0.6) is 23.0 Å². The van der Waals surface area contributed by atoms with Crippen molar-refractivity contribution in [1.29, 1.82) is 0 Å². The Morgan fingerprint density at radius 2 is 1.05 bits per heavy atom. The fourth-order valence-electron chi connectivity index (χ4n) is 10.9. The van der Waals surface area contributed by atoms with Crippen molar-refractivity contribution in [2.45, 2.75) is 33.1 Å². The van der Waals surface area contributed by atoms with Gasteiger partial charge in [-0.2, -0.15) is 0 Å². The second-order valence-corrected chi connectivity index (χ2v) is 17.0. The molecule has 1 aliphatic carbocycles. The Balaban J connectivity index is 1.22. The van der Waals surface area contributed by atoms with E-state index in [1.165, 1.54) is 82.4 Å². The van der Waals surface area contributed by atoms with E-state index in [-0.39, 0.29) is 12.1 Å². The van der Waals surface area contributed by atoms with Crippen molar-refractivity contribution in [3.63, 3.8) is 0 Å². The molecular formula is C53H37BN2O2. The lowest BCUT2D eigenvalue weighted by Crippen LogP contribution is -2.57. The highest BCUT2D eigenvalue weighted by Crippen LogP contribution is 2.58. The first-order valence-electron chi connectivity index (χ1n) is 20.3. The maximum atomic E-state index is 6.96. The van der Waals surface area contributed by atoms with E-state index in [2.05, 4.69) is 188 Å². The van der Waals surface area contributed by atoms with E-state index in [1.54, 1.807) is 0 Å². The standard InChI is InChI=1S/C53H37BN2O2/c1-30-22-24-42-38(26-30)54-39-27-31(2)23-25-43(39)58-45-29-33(28-44(57-42)50(45)54)56-41-21-13-10-18-36(41)48-51(56)46-34-16-8-11-19-37(34)53(3,4)49(46)47-35-17-9-12-20-40(35)55(52(47)48)32-14-6-5-7-15-32/h5-29H,1-4H3. The SMILES string of the molecule is Cc1ccc2c(c1)B1c3cc(C)ccc3Oc3cc(-n4c5ccccc5c5c4c4c(c6c7ccccc7n(-c7ccccc7)c65)C(C)(C)c5ccccc5-4)cc(c31)O2. The number of fused-ring (bicyclic) bond motifs is 16. The third kappa shape index (κ3) is 4.01. The summed E-state index contributed by atoms with van der Waals surface area (Å²) in [5, 5.41) is 5.04. The molecule has 0 unspecified atom stereocenters. The maximum absolute atomic E-state index is 6.96. The normalized spacial score (nSPS) is 14.2. The van der Waals surface area contributed by atoms with Crippen LogP contribution in [0.1, 0.15) is 36.1 Å². The van der Waals surface area contributed by atoms with Crippen LogP contribution >= 0.6 is 0 Å². The first kappa shape index (κ1) is 32.1. The molecule has 58 heavy (non-hydrogen) atoms. The monoisotopic (exact) mass is 744 g/mol. The molecule has 0 N–H and O–H groups in total. The van der Waals surface area contributed by atoms with Crippen LogP contribution in [0.2, 0.25) is 0 Å². The average molecular weight is 745 g/mol. The largest absolute Gasteiger partial charge is 0.458 e. The predicted molar refractivity (Wildman–Crippen MR) is 240 cm³/mol. The molecule has 0 amide bonds. The minimum atomic E-state index is -0.268. The molecule has 0 radical (unpaired) electrons. The van der Waals surface area contributed by atoms with E-state index in [1.807, 2.05) is 0 Å². The number of nitrogens with zero attached hydrogens (tertiary/aromatic N) is 2. The van der Waals surface area contributed by atoms with Crippen LogP contribution in [0.4, 0.5) is 0 Å². The molecule has 0 spiro atoms. The molecule has 5 heteroatoms. The molecule has 0 fully saturated rings. The van der Waals surface area contributed by atoms with Crippen molar-refractivity contribution < 1.29 is 9.47 Å². The fraction of sp³-hybridized carbons (Fsp3) is 0.0943. The quantitative estimate of drug-likeness (QED) is 0.165. The first-order valence-corrected chi connectivity index (χ1v) is 20.3. The Kier molecular flexibility index (Phi) is 6.16. The molecule has 10 aromatic rings. The third-order valence-electron chi connectivity index (χ3n) is 13.3. The van der Waals surface area contributed by atoms with Crippen LogP contribution in [0.25, 0.3) is 66.1 Å². The van der Waals surface area contributed by atoms with Gasteiger partial charge in [-0.25, -0.2) is 0 Å². The van der Waals surface area contributed by atoms with Crippen molar-refractivity contribution in [1.82, 2.24) is 9.13 Å².